The first-order valence-electron chi connectivity index (χ1n) is 9.21. The smallest absolute Gasteiger partial charge is 0.167 e. The molecule has 0 fully saturated rings. The van der Waals surface area contributed by atoms with Crippen LogP contribution in [0.4, 0.5) is 0 Å². The molecular weight excluding hydrogens is 501 g/mol. The Kier molecular flexibility index (Phi) is 5.61. The Hall–Kier alpha value is -1.66. The van der Waals surface area contributed by atoms with Gasteiger partial charge in [0.15, 0.2) is 13.0 Å². The molecule has 0 unspecified atom stereocenters. The molecule has 0 N–H and O–H groups in total. The van der Waals surface area contributed by atoms with E-state index < -0.39 is 0 Å². The fraction of sp³-hybridized carbons (Fsp3) is 0. The normalized spacial score (nSPS) is 11.9. The predicted molar refractivity (Wildman–Crippen MR) is 138 cm³/mol. The summed E-state index contributed by atoms with van der Waals surface area (Å²) in [6.07, 6.45) is 0. The summed E-state index contributed by atoms with van der Waals surface area (Å²) in [6.45, 7) is 0. The summed E-state index contributed by atoms with van der Waals surface area (Å²) in [7, 11) is 0. The Labute approximate surface area is 203 Å². The summed E-state index contributed by atoms with van der Waals surface area (Å²) in [6, 6.07) is 24.8. The van der Waals surface area contributed by atoms with Crippen molar-refractivity contribution < 1.29 is 0 Å². The van der Waals surface area contributed by atoms with Crippen molar-refractivity contribution in [1.82, 2.24) is 18.1 Å². The molecule has 0 atom stereocenters. The summed E-state index contributed by atoms with van der Waals surface area (Å²) < 4.78 is 8.75. The van der Waals surface area contributed by atoms with Gasteiger partial charge in [0.2, 0.25) is 0 Å². The molecule has 6 aromatic rings. The van der Waals surface area contributed by atoms with Gasteiger partial charge in [-0.05, 0) is 36.4 Å². The van der Waals surface area contributed by atoms with Crippen LogP contribution in [0.5, 0.6) is 0 Å². The molecule has 4 nitrogen and oxygen atoms in total. The number of nitrogens with zero attached hydrogens (tertiary/aromatic N) is 4. The van der Waals surface area contributed by atoms with Crippen LogP contribution in [-0.4, -0.2) is 18.1 Å². The summed E-state index contributed by atoms with van der Waals surface area (Å²) in [5, 5.41) is 0. The molecule has 3 heterocycles. The molecular formula is C21H12N4S6. The van der Waals surface area contributed by atoms with Gasteiger partial charge in [-0.25, -0.2) is 15.0 Å². The maximum Gasteiger partial charge on any atom is 0.167 e. The topological polar surface area (TPSA) is 41.9 Å². The molecule has 0 saturated carbocycles. The van der Waals surface area contributed by atoms with Crippen LogP contribution in [0.25, 0.3) is 30.6 Å². The maximum atomic E-state index is 4.80. The molecule has 6 rings (SSSR count). The summed E-state index contributed by atoms with van der Waals surface area (Å²) in [5.41, 5.74) is 3.10. The third-order valence-electron chi connectivity index (χ3n) is 4.28. The van der Waals surface area contributed by atoms with E-state index in [1.807, 2.05) is 18.2 Å². The van der Waals surface area contributed by atoms with Gasteiger partial charge < -0.3 is 0 Å². The molecule has 0 bridgehead atoms. The molecule has 0 aliphatic carbocycles. The highest BCUT2D eigenvalue weighted by Gasteiger charge is 2.19. The van der Waals surface area contributed by atoms with Gasteiger partial charge >= 0.3 is 0 Å². The van der Waals surface area contributed by atoms with Gasteiger partial charge in [0.1, 0.15) is 0 Å². The maximum absolute atomic E-state index is 4.80. The summed E-state index contributed by atoms with van der Waals surface area (Å²) in [4.78, 5) is 14.4. The Morgan fingerprint density at radius 3 is 1.13 bits per heavy atom. The van der Waals surface area contributed by atoms with Gasteiger partial charge in [0.25, 0.3) is 0 Å². The lowest BCUT2D eigenvalue weighted by Gasteiger charge is -2.13. The molecule has 0 aliphatic heterocycles. The van der Waals surface area contributed by atoms with E-state index in [0.717, 1.165) is 29.6 Å². The predicted octanol–water partition coefficient (Wildman–Crippen LogP) is 8.24. The molecule has 0 saturated heterocycles. The largest absolute Gasteiger partial charge is 0.228 e. The van der Waals surface area contributed by atoms with Gasteiger partial charge in [-0.1, -0.05) is 36.4 Å². The van der Waals surface area contributed by atoms with Gasteiger partial charge in [-0.15, -0.1) is 37.1 Å². The molecule has 0 radical (unpaired) electrons. The number of aromatic nitrogens is 3. The van der Waals surface area contributed by atoms with Crippen LogP contribution in [0.3, 0.4) is 0 Å². The standard InChI is InChI=1S/C21H12N4S6/c1-4-10-16-13(7-1)22-19(26-16)29-25(30-20-23-14-8-2-5-11-17(14)27-20)31-21-24-15-9-3-6-12-18(15)28-21/h1-12H. The summed E-state index contributed by atoms with van der Waals surface area (Å²) >= 11 is 9.99. The van der Waals surface area contributed by atoms with E-state index in [2.05, 4.69) is 57.7 Å². The third kappa shape index (κ3) is 4.34. The minimum Gasteiger partial charge on any atom is -0.228 e. The Bertz CT molecular complexity index is 1220. The SMILES string of the molecule is c1ccc2sc(SN(Sc3nc4ccccc4s3)Sc3nc4ccccc4s3)nc2c1. The van der Waals surface area contributed by atoms with Crippen LogP contribution in [-0.2, 0) is 0 Å². The van der Waals surface area contributed by atoms with Gasteiger partial charge in [0, 0.05) is 35.8 Å². The van der Waals surface area contributed by atoms with Crippen molar-refractivity contribution >= 4 is 101 Å². The zero-order valence-electron chi connectivity index (χ0n) is 15.7. The summed E-state index contributed by atoms with van der Waals surface area (Å²) in [5.74, 6) is 0. The van der Waals surface area contributed by atoms with Crippen molar-refractivity contribution in [3.8, 4) is 0 Å². The molecule has 10 heteroatoms. The lowest BCUT2D eigenvalue weighted by Crippen LogP contribution is -1.94. The minimum absolute atomic E-state index is 1.00. The number of hydrogen-bond donors (Lipinski definition) is 0. The second-order valence-corrected chi connectivity index (χ2v) is 13.7. The monoisotopic (exact) mass is 512 g/mol. The van der Waals surface area contributed by atoms with E-state index in [0.29, 0.717) is 0 Å². The lowest BCUT2D eigenvalue weighted by atomic mass is 10.3. The fourth-order valence-electron chi connectivity index (χ4n) is 2.92. The number of thiazole rings is 3. The van der Waals surface area contributed by atoms with Crippen LogP contribution in [0.15, 0.2) is 85.8 Å². The van der Waals surface area contributed by atoms with E-state index in [1.54, 1.807) is 69.9 Å². The highest BCUT2D eigenvalue weighted by atomic mass is 32.3. The van der Waals surface area contributed by atoms with Crippen molar-refractivity contribution in [2.45, 2.75) is 13.0 Å². The first-order chi connectivity index (χ1) is 15.3. The van der Waals surface area contributed by atoms with Crippen LogP contribution in [0.1, 0.15) is 0 Å². The van der Waals surface area contributed by atoms with E-state index in [9.17, 15) is 0 Å². The van der Waals surface area contributed by atoms with E-state index in [-0.39, 0.29) is 0 Å². The highest BCUT2D eigenvalue weighted by Crippen LogP contribution is 2.47. The van der Waals surface area contributed by atoms with Crippen LogP contribution in [0, 0.1) is 0 Å². The molecule has 0 amide bonds. The number of benzene rings is 3. The van der Waals surface area contributed by atoms with Gasteiger partial charge in [0.05, 0.1) is 30.6 Å². The Morgan fingerprint density at radius 1 is 0.484 bits per heavy atom. The molecule has 0 aliphatic rings. The van der Waals surface area contributed by atoms with Crippen LogP contribution in [0.2, 0.25) is 0 Å². The van der Waals surface area contributed by atoms with Crippen molar-refractivity contribution in [1.29, 1.82) is 0 Å². The average molecular weight is 513 g/mol. The second-order valence-electron chi connectivity index (χ2n) is 6.34. The van der Waals surface area contributed by atoms with Crippen molar-refractivity contribution in [2.24, 2.45) is 0 Å². The number of rotatable bonds is 6. The quantitative estimate of drug-likeness (QED) is 0.208. The zero-order valence-corrected chi connectivity index (χ0v) is 20.6. The first kappa shape index (κ1) is 20.0. The van der Waals surface area contributed by atoms with Gasteiger partial charge in [-0.3, -0.25) is 0 Å². The molecule has 152 valence electrons. The Morgan fingerprint density at radius 2 is 0.806 bits per heavy atom. The zero-order chi connectivity index (χ0) is 20.6. The van der Waals surface area contributed by atoms with E-state index in [4.69, 9.17) is 15.0 Å². The van der Waals surface area contributed by atoms with Crippen molar-refractivity contribution in [3.63, 3.8) is 0 Å². The third-order valence-corrected chi connectivity index (χ3v) is 10.7. The first-order valence-corrected chi connectivity index (χ1v) is 14.0. The number of fused-ring (bicyclic) bond motifs is 3. The van der Waals surface area contributed by atoms with E-state index in [1.165, 1.54) is 14.1 Å². The second kappa shape index (κ2) is 8.70. The van der Waals surface area contributed by atoms with E-state index >= 15 is 0 Å². The fourth-order valence-corrected chi connectivity index (χ4v) is 10.3. The molecule has 3 aromatic carbocycles. The molecule has 0 spiro atoms. The van der Waals surface area contributed by atoms with Gasteiger partial charge in [-0.2, -0.15) is 0 Å². The number of hydrogen-bond acceptors (Lipinski definition) is 10. The minimum atomic E-state index is 1.00. The highest BCUT2D eigenvalue weighted by molar-refractivity contribution is 8.26. The molecule has 3 aromatic heterocycles. The molecule has 31 heavy (non-hydrogen) atoms. The van der Waals surface area contributed by atoms with Crippen LogP contribution >= 0.6 is 69.9 Å². The van der Waals surface area contributed by atoms with Crippen molar-refractivity contribution in [3.05, 3.63) is 72.8 Å². The van der Waals surface area contributed by atoms with Crippen molar-refractivity contribution in [2.75, 3.05) is 0 Å². The van der Waals surface area contributed by atoms with Crippen LogP contribution < -0.4 is 0 Å². The Balaban J connectivity index is 1.32. The number of para-hydroxylation sites is 3. The lowest BCUT2D eigenvalue weighted by molar-refractivity contribution is 1.18. The average Bonchev–Trinajstić information content (AvgIpc) is 3.48.